The third kappa shape index (κ3) is 3.34. The van der Waals surface area contributed by atoms with E-state index in [0.717, 1.165) is 5.56 Å². The van der Waals surface area contributed by atoms with Gasteiger partial charge < -0.3 is 5.73 Å². The zero-order valence-electron chi connectivity index (χ0n) is 11.1. The van der Waals surface area contributed by atoms with Gasteiger partial charge in [0.2, 0.25) is 0 Å². The van der Waals surface area contributed by atoms with Crippen LogP contribution in [0.5, 0.6) is 0 Å². The molecular formula is C16H17ClFN. The maximum absolute atomic E-state index is 13.8. The van der Waals surface area contributed by atoms with Gasteiger partial charge in [-0.15, -0.1) is 0 Å². The summed E-state index contributed by atoms with van der Waals surface area (Å²) in [6, 6.07) is 12.5. The van der Waals surface area contributed by atoms with Gasteiger partial charge in [0.15, 0.2) is 0 Å². The minimum absolute atomic E-state index is 0.270. The van der Waals surface area contributed by atoms with Crippen LogP contribution in [0.25, 0.3) is 0 Å². The summed E-state index contributed by atoms with van der Waals surface area (Å²) in [7, 11) is 0. The Morgan fingerprint density at radius 2 is 1.79 bits per heavy atom. The van der Waals surface area contributed by atoms with E-state index in [1.54, 1.807) is 12.1 Å². The second-order valence-corrected chi connectivity index (χ2v) is 5.63. The molecule has 0 aromatic heterocycles. The summed E-state index contributed by atoms with van der Waals surface area (Å²) in [5.41, 5.74) is 8.40. The summed E-state index contributed by atoms with van der Waals surface area (Å²) in [5.74, 6) is -0.270. The Balaban J connectivity index is 2.30. The van der Waals surface area contributed by atoms with Crippen molar-refractivity contribution < 1.29 is 4.39 Å². The first-order chi connectivity index (χ1) is 8.88. The number of nitrogens with two attached hydrogens (primary N) is 1. The highest BCUT2D eigenvalue weighted by molar-refractivity contribution is 6.30. The first-order valence-electron chi connectivity index (χ1n) is 6.18. The van der Waals surface area contributed by atoms with E-state index in [0.29, 0.717) is 17.0 Å². The molecule has 2 rings (SSSR count). The molecule has 0 fully saturated rings. The monoisotopic (exact) mass is 277 g/mol. The van der Waals surface area contributed by atoms with E-state index >= 15 is 0 Å². The van der Waals surface area contributed by atoms with E-state index in [1.807, 2.05) is 38.1 Å². The van der Waals surface area contributed by atoms with Crippen LogP contribution in [0.15, 0.2) is 42.5 Å². The second-order valence-electron chi connectivity index (χ2n) is 5.20. The summed E-state index contributed by atoms with van der Waals surface area (Å²) in [6.45, 7) is 3.92. The van der Waals surface area contributed by atoms with Gasteiger partial charge in [0.1, 0.15) is 5.82 Å². The van der Waals surface area contributed by atoms with Crippen LogP contribution in [0, 0.1) is 12.7 Å². The molecule has 0 saturated heterocycles. The number of benzene rings is 2. The SMILES string of the molecule is Cc1ccc(C(C)(N)Cc2cc(Cl)ccc2F)cc1. The smallest absolute Gasteiger partial charge is 0.126 e. The molecule has 19 heavy (non-hydrogen) atoms. The lowest BCUT2D eigenvalue weighted by Gasteiger charge is -2.26. The quantitative estimate of drug-likeness (QED) is 0.894. The summed E-state index contributed by atoms with van der Waals surface area (Å²) in [4.78, 5) is 0. The third-order valence-electron chi connectivity index (χ3n) is 3.28. The van der Waals surface area contributed by atoms with Crippen molar-refractivity contribution >= 4 is 11.6 Å². The van der Waals surface area contributed by atoms with Crippen LogP contribution in [-0.4, -0.2) is 0 Å². The molecule has 0 saturated carbocycles. The highest BCUT2D eigenvalue weighted by Crippen LogP contribution is 2.26. The number of hydrogen-bond donors (Lipinski definition) is 1. The van der Waals surface area contributed by atoms with Crippen molar-refractivity contribution in [3.05, 3.63) is 70.0 Å². The first-order valence-corrected chi connectivity index (χ1v) is 6.56. The van der Waals surface area contributed by atoms with Crippen LogP contribution in [0.2, 0.25) is 5.02 Å². The minimum atomic E-state index is -0.626. The lowest BCUT2D eigenvalue weighted by Crippen LogP contribution is -2.35. The van der Waals surface area contributed by atoms with Gasteiger partial charge >= 0.3 is 0 Å². The number of halogens is 2. The highest BCUT2D eigenvalue weighted by Gasteiger charge is 2.23. The maximum atomic E-state index is 13.8. The lowest BCUT2D eigenvalue weighted by atomic mass is 9.86. The topological polar surface area (TPSA) is 26.0 Å². The van der Waals surface area contributed by atoms with Gasteiger partial charge in [0.05, 0.1) is 0 Å². The predicted octanol–water partition coefficient (Wildman–Crippen LogP) is 4.20. The minimum Gasteiger partial charge on any atom is -0.321 e. The van der Waals surface area contributed by atoms with Crippen molar-refractivity contribution in [3.63, 3.8) is 0 Å². The standard InChI is InChI=1S/C16H17ClFN/c1-11-3-5-13(6-4-11)16(2,19)10-12-9-14(17)7-8-15(12)18/h3-9H,10,19H2,1-2H3. The van der Waals surface area contributed by atoms with Crippen LogP contribution in [0.1, 0.15) is 23.6 Å². The van der Waals surface area contributed by atoms with E-state index < -0.39 is 5.54 Å². The molecule has 0 bridgehead atoms. The lowest BCUT2D eigenvalue weighted by molar-refractivity contribution is 0.475. The Labute approximate surface area is 118 Å². The van der Waals surface area contributed by atoms with Gasteiger partial charge in [-0.25, -0.2) is 4.39 Å². The Kier molecular flexibility index (Phi) is 3.93. The van der Waals surface area contributed by atoms with Crippen LogP contribution in [-0.2, 0) is 12.0 Å². The Bertz CT molecular complexity index is 576. The highest BCUT2D eigenvalue weighted by atomic mass is 35.5. The molecule has 3 heteroatoms. The van der Waals surface area contributed by atoms with E-state index in [4.69, 9.17) is 17.3 Å². The zero-order valence-corrected chi connectivity index (χ0v) is 11.8. The van der Waals surface area contributed by atoms with Crippen LogP contribution >= 0.6 is 11.6 Å². The Morgan fingerprint density at radius 3 is 2.42 bits per heavy atom. The first kappa shape index (κ1) is 14.0. The van der Waals surface area contributed by atoms with Crippen molar-refractivity contribution in [2.45, 2.75) is 25.8 Å². The van der Waals surface area contributed by atoms with Crippen molar-refractivity contribution in [1.82, 2.24) is 0 Å². The molecule has 0 aliphatic carbocycles. The van der Waals surface area contributed by atoms with E-state index in [2.05, 4.69) is 0 Å². The van der Waals surface area contributed by atoms with Gasteiger partial charge in [-0.3, -0.25) is 0 Å². The molecule has 100 valence electrons. The van der Waals surface area contributed by atoms with Gasteiger partial charge in [-0.2, -0.15) is 0 Å². The van der Waals surface area contributed by atoms with Crippen molar-refractivity contribution in [1.29, 1.82) is 0 Å². The molecule has 1 unspecified atom stereocenters. The van der Waals surface area contributed by atoms with Crippen LogP contribution < -0.4 is 5.73 Å². The number of aryl methyl sites for hydroxylation is 1. The number of rotatable bonds is 3. The molecule has 2 N–H and O–H groups in total. The predicted molar refractivity (Wildman–Crippen MR) is 77.8 cm³/mol. The van der Waals surface area contributed by atoms with Crippen LogP contribution in [0.4, 0.5) is 4.39 Å². The van der Waals surface area contributed by atoms with Crippen molar-refractivity contribution in [2.24, 2.45) is 5.73 Å². The van der Waals surface area contributed by atoms with E-state index in [9.17, 15) is 4.39 Å². The maximum Gasteiger partial charge on any atom is 0.126 e. The summed E-state index contributed by atoms with van der Waals surface area (Å²) < 4.78 is 13.8. The average molecular weight is 278 g/mol. The largest absolute Gasteiger partial charge is 0.321 e. The normalized spacial score (nSPS) is 14.2. The fraction of sp³-hybridized carbons (Fsp3) is 0.250. The summed E-state index contributed by atoms with van der Waals surface area (Å²) >= 11 is 5.90. The van der Waals surface area contributed by atoms with Gasteiger partial charge in [0.25, 0.3) is 0 Å². The van der Waals surface area contributed by atoms with Gasteiger partial charge in [0, 0.05) is 10.6 Å². The molecule has 0 heterocycles. The third-order valence-corrected chi connectivity index (χ3v) is 3.51. The van der Waals surface area contributed by atoms with E-state index in [1.165, 1.54) is 11.6 Å². The van der Waals surface area contributed by atoms with E-state index in [-0.39, 0.29) is 5.82 Å². The van der Waals surface area contributed by atoms with Gasteiger partial charge in [-0.1, -0.05) is 41.4 Å². The van der Waals surface area contributed by atoms with Crippen molar-refractivity contribution in [3.8, 4) is 0 Å². The molecule has 2 aromatic carbocycles. The molecule has 2 aromatic rings. The summed E-state index contributed by atoms with van der Waals surface area (Å²) in [6.07, 6.45) is 0.405. The average Bonchev–Trinajstić information content (AvgIpc) is 2.34. The van der Waals surface area contributed by atoms with Gasteiger partial charge in [-0.05, 0) is 49.6 Å². The molecule has 0 radical (unpaired) electrons. The Hall–Kier alpha value is -1.38. The molecule has 0 aliphatic rings. The zero-order chi connectivity index (χ0) is 14.0. The Morgan fingerprint density at radius 1 is 1.16 bits per heavy atom. The fourth-order valence-corrected chi connectivity index (χ4v) is 2.31. The second kappa shape index (κ2) is 5.32. The molecular weight excluding hydrogens is 261 g/mol. The number of hydrogen-bond acceptors (Lipinski definition) is 1. The molecule has 1 nitrogen and oxygen atoms in total. The molecule has 0 aliphatic heterocycles. The fourth-order valence-electron chi connectivity index (χ4n) is 2.11. The molecule has 0 amide bonds. The molecule has 0 spiro atoms. The van der Waals surface area contributed by atoms with Crippen molar-refractivity contribution in [2.75, 3.05) is 0 Å². The van der Waals surface area contributed by atoms with Crippen LogP contribution in [0.3, 0.4) is 0 Å². The molecule has 1 atom stereocenters. The summed E-state index contributed by atoms with van der Waals surface area (Å²) in [5, 5.41) is 0.524.